The lowest BCUT2D eigenvalue weighted by atomic mass is 10.2. The van der Waals surface area contributed by atoms with E-state index in [1.165, 1.54) is 24.7 Å². The molecule has 0 fully saturated rings. The maximum atomic E-state index is 13.2. The fraction of sp³-hybridized carbons (Fsp3) is 0.143. The van der Waals surface area contributed by atoms with E-state index in [-0.39, 0.29) is 11.9 Å². The number of aryl methyl sites for hydroxylation is 1. The molecule has 0 unspecified atom stereocenters. The van der Waals surface area contributed by atoms with E-state index in [2.05, 4.69) is 15.4 Å². The Morgan fingerprint density at radius 1 is 1.41 bits per heavy atom. The number of hydrogen-bond acceptors (Lipinski definition) is 4. The van der Waals surface area contributed by atoms with Crippen molar-refractivity contribution in [1.29, 1.82) is 0 Å². The number of anilines is 1. The van der Waals surface area contributed by atoms with Gasteiger partial charge in [0, 0.05) is 13.2 Å². The Bertz CT molecular complexity index is 915. The van der Waals surface area contributed by atoms with Crippen LogP contribution < -0.4 is 10.9 Å². The lowest BCUT2D eigenvalue weighted by Crippen LogP contribution is -2.27. The Kier molecular flexibility index (Phi) is 3.42. The molecule has 0 atom stereocenters. The minimum Gasteiger partial charge on any atom is -0.322 e. The number of fused-ring (bicyclic) bond motifs is 1. The molecule has 0 radical (unpaired) electrons. The fourth-order valence-corrected chi connectivity index (χ4v) is 2.08. The number of carbonyl (C=O) groups is 1. The second-order valence-corrected chi connectivity index (χ2v) is 4.79. The Morgan fingerprint density at radius 3 is 2.95 bits per heavy atom. The molecule has 0 aliphatic heterocycles. The van der Waals surface area contributed by atoms with Crippen molar-refractivity contribution in [1.82, 2.24) is 19.3 Å². The highest BCUT2D eigenvalue weighted by Gasteiger charge is 2.09. The zero-order valence-electron chi connectivity index (χ0n) is 11.7. The lowest BCUT2D eigenvalue weighted by molar-refractivity contribution is -0.116. The number of benzene rings is 1. The van der Waals surface area contributed by atoms with Gasteiger partial charge in [-0.3, -0.25) is 18.8 Å². The molecule has 2 aromatic heterocycles. The summed E-state index contributed by atoms with van der Waals surface area (Å²) in [5.74, 6) is -0.920. The summed E-state index contributed by atoms with van der Waals surface area (Å²) < 4.78 is 15.9. The normalized spacial score (nSPS) is 10.8. The quantitative estimate of drug-likeness (QED) is 0.779. The number of hydrogen-bond donors (Lipinski definition) is 1. The fourth-order valence-electron chi connectivity index (χ4n) is 2.08. The summed E-state index contributed by atoms with van der Waals surface area (Å²) in [6, 6.07) is 3.76. The number of aromatic nitrogens is 4. The molecule has 0 aliphatic carbocycles. The van der Waals surface area contributed by atoms with Crippen LogP contribution in [-0.2, 0) is 18.4 Å². The number of nitrogens with zero attached hydrogens (tertiary/aromatic N) is 4. The maximum absolute atomic E-state index is 13.2. The van der Waals surface area contributed by atoms with Crippen molar-refractivity contribution in [2.75, 3.05) is 5.32 Å². The number of amides is 1. The van der Waals surface area contributed by atoms with Gasteiger partial charge in [0.2, 0.25) is 5.91 Å². The van der Waals surface area contributed by atoms with E-state index in [1.54, 1.807) is 17.9 Å². The summed E-state index contributed by atoms with van der Waals surface area (Å²) in [5, 5.41) is 6.67. The molecule has 0 bridgehead atoms. The smallest absolute Gasteiger partial charge is 0.261 e. The van der Waals surface area contributed by atoms with Gasteiger partial charge in [-0.15, -0.1) is 0 Å². The molecule has 3 aromatic rings. The van der Waals surface area contributed by atoms with Gasteiger partial charge in [-0.05, 0) is 18.2 Å². The van der Waals surface area contributed by atoms with Crippen LogP contribution in [0.1, 0.15) is 0 Å². The van der Waals surface area contributed by atoms with Crippen molar-refractivity contribution in [3.63, 3.8) is 0 Å². The van der Waals surface area contributed by atoms with Crippen molar-refractivity contribution >= 4 is 22.5 Å². The first-order valence-corrected chi connectivity index (χ1v) is 6.46. The minimum atomic E-state index is -0.524. The standard InChI is InChI=1S/C14H12FN5O2/c1-19-6-10(5-17-19)18-13(21)7-20-8-16-12-3-2-9(15)4-11(12)14(20)22/h2-6,8H,7H2,1H3,(H,18,21). The average Bonchev–Trinajstić information content (AvgIpc) is 2.87. The lowest BCUT2D eigenvalue weighted by Gasteiger charge is -2.06. The van der Waals surface area contributed by atoms with E-state index >= 15 is 0 Å². The first-order chi connectivity index (χ1) is 10.5. The van der Waals surface area contributed by atoms with Crippen LogP contribution in [0.5, 0.6) is 0 Å². The van der Waals surface area contributed by atoms with E-state index in [0.717, 1.165) is 10.6 Å². The number of nitrogens with one attached hydrogen (secondary N) is 1. The first kappa shape index (κ1) is 13.9. The first-order valence-electron chi connectivity index (χ1n) is 6.46. The summed E-state index contributed by atoms with van der Waals surface area (Å²) >= 11 is 0. The Hall–Kier alpha value is -3.03. The van der Waals surface area contributed by atoms with E-state index in [9.17, 15) is 14.0 Å². The molecule has 1 amide bonds. The van der Waals surface area contributed by atoms with Crippen LogP contribution in [0.2, 0.25) is 0 Å². The summed E-state index contributed by atoms with van der Waals surface area (Å²) in [6.07, 6.45) is 4.40. The largest absolute Gasteiger partial charge is 0.322 e. The SMILES string of the molecule is Cn1cc(NC(=O)Cn2cnc3ccc(F)cc3c2=O)cn1. The summed E-state index contributed by atoms with van der Waals surface area (Å²) in [5.41, 5.74) is 0.446. The zero-order valence-corrected chi connectivity index (χ0v) is 11.7. The van der Waals surface area contributed by atoms with Gasteiger partial charge in [-0.25, -0.2) is 9.37 Å². The highest BCUT2D eigenvalue weighted by molar-refractivity contribution is 5.90. The van der Waals surface area contributed by atoms with Gasteiger partial charge in [-0.1, -0.05) is 0 Å². The van der Waals surface area contributed by atoms with Crippen LogP contribution in [0.25, 0.3) is 10.9 Å². The molecule has 112 valence electrons. The Morgan fingerprint density at radius 2 is 2.23 bits per heavy atom. The van der Waals surface area contributed by atoms with E-state index in [1.807, 2.05) is 0 Å². The molecule has 22 heavy (non-hydrogen) atoms. The molecule has 0 saturated carbocycles. The van der Waals surface area contributed by atoms with E-state index in [4.69, 9.17) is 0 Å². The van der Waals surface area contributed by atoms with Crippen LogP contribution in [-0.4, -0.2) is 25.2 Å². The molecule has 0 saturated heterocycles. The minimum absolute atomic E-state index is 0.136. The molecule has 1 N–H and O–H groups in total. The van der Waals surface area contributed by atoms with Gasteiger partial charge >= 0.3 is 0 Å². The van der Waals surface area contributed by atoms with E-state index < -0.39 is 17.3 Å². The highest BCUT2D eigenvalue weighted by Crippen LogP contribution is 2.08. The third-order valence-electron chi connectivity index (χ3n) is 3.09. The van der Waals surface area contributed by atoms with E-state index in [0.29, 0.717) is 11.2 Å². The number of carbonyl (C=O) groups excluding carboxylic acids is 1. The van der Waals surface area contributed by atoms with Gasteiger partial charge in [0.1, 0.15) is 12.4 Å². The molecule has 3 rings (SSSR count). The van der Waals surface area contributed by atoms with Crippen molar-refractivity contribution in [3.8, 4) is 0 Å². The molecule has 0 aliphatic rings. The van der Waals surface area contributed by atoms with Crippen molar-refractivity contribution < 1.29 is 9.18 Å². The molecular formula is C14H12FN5O2. The van der Waals surface area contributed by atoms with Gasteiger partial charge in [-0.2, -0.15) is 5.10 Å². The van der Waals surface area contributed by atoms with Crippen LogP contribution in [0.4, 0.5) is 10.1 Å². The van der Waals surface area contributed by atoms with Crippen LogP contribution in [0.3, 0.4) is 0 Å². The number of halogens is 1. The third kappa shape index (κ3) is 2.71. The van der Waals surface area contributed by atoms with Crippen LogP contribution >= 0.6 is 0 Å². The molecular weight excluding hydrogens is 289 g/mol. The topological polar surface area (TPSA) is 81.8 Å². The monoisotopic (exact) mass is 301 g/mol. The van der Waals surface area contributed by atoms with Gasteiger partial charge < -0.3 is 5.32 Å². The Balaban J connectivity index is 1.86. The van der Waals surface area contributed by atoms with Gasteiger partial charge in [0.25, 0.3) is 5.56 Å². The van der Waals surface area contributed by atoms with Crippen LogP contribution in [0.15, 0.2) is 41.7 Å². The molecule has 7 nitrogen and oxygen atoms in total. The van der Waals surface area contributed by atoms with Crippen LogP contribution in [0, 0.1) is 5.82 Å². The second-order valence-electron chi connectivity index (χ2n) is 4.79. The predicted molar refractivity (Wildman–Crippen MR) is 77.8 cm³/mol. The summed E-state index contributed by atoms with van der Waals surface area (Å²) in [7, 11) is 1.72. The van der Waals surface area contributed by atoms with Gasteiger partial charge in [0.05, 0.1) is 29.1 Å². The van der Waals surface area contributed by atoms with Crippen molar-refractivity contribution in [2.45, 2.75) is 6.54 Å². The maximum Gasteiger partial charge on any atom is 0.261 e. The Labute approximate surface area is 124 Å². The van der Waals surface area contributed by atoms with Crippen molar-refractivity contribution in [3.05, 3.63) is 53.1 Å². The molecule has 8 heteroatoms. The molecule has 2 heterocycles. The predicted octanol–water partition coefficient (Wildman–Crippen LogP) is 0.908. The highest BCUT2D eigenvalue weighted by atomic mass is 19.1. The molecule has 1 aromatic carbocycles. The van der Waals surface area contributed by atoms with Gasteiger partial charge in [0.15, 0.2) is 0 Å². The van der Waals surface area contributed by atoms with Crippen molar-refractivity contribution in [2.24, 2.45) is 7.05 Å². The zero-order chi connectivity index (χ0) is 15.7. The summed E-state index contributed by atoms with van der Waals surface area (Å²) in [4.78, 5) is 28.2. The third-order valence-corrected chi connectivity index (χ3v) is 3.09. The second kappa shape index (κ2) is 5.40. The average molecular weight is 301 g/mol. The molecule has 0 spiro atoms. The number of rotatable bonds is 3. The summed E-state index contributed by atoms with van der Waals surface area (Å²) in [6.45, 7) is -0.215.